The third-order valence-electron chi connectivity index (χ3n) is 4.17. The van der Waals surface area contributed by atoms with Gasteiger partial charge in [-0.05, 0) is 0 Å². The van der Waals surface area contributed by atoms with Gasteiger partial charge in [0.2, 0.25) is 6.23 Å². The summed E-state index contributed by atoms with van der Waals surface area (Å²) in [5.74, 6) is 0.144. The van der Waals surface area contributed by atoms with Crippen molar-refractivity contribution in [2.45, 2.75) is 18.5 Å². The smallest absolute Gasteiger partial charge is 0.210 e. The number of fused-ring (bicyclic) bond motifs is 1. The monoisotopic (exact) mass is 350 g/mol. The van der Waals surface area contributed by atoms with Gasteiger partial charge in [0.15, 0.2) is 17.6 Å². The Balaban J connectivity index is 2.10. The number of nitrogens with zero attached hydrogens (tertiary/aromatic N) is 2. The number of aliphatic hydroxyl groups is 3. The van der Waals surface area contributed by atoms with Crippen molar-refractivity contribution in [1.29, 1.82) is 0 Å². The molecule has 136 valence electrons. The van der Waals surface area contributed by atoms with Gasteiger partial charge in [-0.3, -0.25) is 9.56 Å². The van der Waals surface area contributed by atoms with E-state index >= 15 is 0 Å². The average molecular weight is 350 g/mol. The van der Waals surface area contributed by atoms with Crippen LogP contribution < -0.4 is 21.7 Å². The minimum absolute atomic E-state index is 0.0603. The Kier molecular flexibility index (Phi) is 4.57. The summed E-state index contributed by atoms with van der Waals surface area (Å²) in [6, 6.07) is 0. The van der Waals surface area contributed by atoms with Gasteiger partial charge in [-0.1, -0.05) is 0 Å². The quantitative estimate of drug-likeness (QED) is 0.368. The summed E-state index contributed by atoms with van der Waals surface area (Å²) in [4.78, 5) is 4.16. The van der Waals surface area contributed by atoms with E-state index in [1.165, 1.54) is 6.34 Å². The number of aliphatic imine (C=N–C) groups is 1. The number of rotatable bonds is 5. The zero-order valence-electron chi connectivity index (χ0n) is 13.9. The lowest BCUT2D eigenvalue weighted by Gasteiger charge is -2.23. The lowest BCUT2D eigenvalue weighted by Crippen LogP contribution is -2.25. The number of hydrogen-bond acceptors (Lipinski definition) is 9. The van der Waals surface area contributed by atoms with Gasteiger partial charge in [-0.2, -0.15) is 0 Å². The fourth-order valence-corrected chi connectivity index (χ4v) is 2.99. The molecule has 8 N–H and O–H groups in total. The Bertz CT molecular complexity index is 753. The van der Waals surface area contributed by atoms with Gasteiger partial charge in [0.1, 0.15) is 18.6 Å². The van der Waals surface area contributed by atoms with Crippen molar-refractivity contribution in [2.75, 3.05) is 26.0 Å². The van der Waals surface area contributed by atoms with E-state index in [9.17, 15) is 15.3 Å². The Labute approximate surface area is 144 Å². The van der Waals surface area contributed by atoms with Crippen molar-refractivity contribution in [3.8, 4) is 0 Å². The van der Waals surface area contributed by atoms with Crippen molar-refractivity contribution in [3.63, 3.8) is 0 Å². The molecule has 3 heterocycles. The maximum absolute atomic E-state index is 10.3. The molecule has 0 amide bonds. The van der Waals surface area contributed by atoms with E-state index in [2.05, 4.69) is 20.9 Å². The number of hydrogen-bond donors (Lipinski definition) is 7. The van der Waals surface area contributed by atoms with Crippen LogP contribution >= 0.6 is 0 Å². The summed E-state index contributed by atoms with van der Waals surface area (Å²) in [5.41, 5.74) is 8.37. The van der Waals surface area contributed by atoms with Crippen LogP contribution in [0.3, 0.4) is 0 Å². The van der Waals surface area contributed by atoms with Crippen molar-refractivity contribution in [3.05, 3.63) is 35.0 Å². The van der Waals surface area contributed by atoms with Crippen molar-refractivity contribution >= 4 is 17.9 Å². The first kappa shape index (κ1) is 17.1. The molecule has 0 aliphatic carbocycles. The highest BCUT2D eigenvalue weighted by Gasteiger charge is 2.39. The minimum atomic E-state index is -1.31. The molecule has 1 aromatic rings. The molecule has 0 fully saturated rings. The molecule has 2 aliphatic heterocycles. The molecule has 2 aliphatic rings. The highest BCUT2D eigenvalue weighted by Crippen LogP contribution is 2.40. The van der Waals surface area contributed by atoms with Crippen LogP contribution in [-0.4, -0.2) is 53.0 Å². The molecule has 3 unspecified atom stereocenters. The van der Waals surface area contributed by atoms with Crippen molar-refractivity contribution in [2.24, 2.45) is 10.7 Å². The lowest BCUT2D eigenvalue weighted by molar-refractivity contribution is -0.0126. The standard InChI is InChI=1S/C15H22N6O4/c1-17-3-8(18-2)7-4-21(14-10(7)13(16)19-6-20-14)15-12(24)11(23)9(5-22)25-15/h3-4,6,12-13,15,17-18,22-24H,5,16H2,1-2H3,(H,19,20)/b8-3-. The zero-order chi connectivity index (χ0) is 18.1. The van der Waals surface area contributed by atoms with E-state index in [1.54, 1.807) is 31.1 Å². The molecule has 0 saturated heterocycles. The first-order chi connectivity index (χ1) is 12.0. The molecule has 0 bridgehead atoms. The number of ether oxygens (including phenoxy) is 1. The van der Waals surface area contributed by atoms with E-state index in [0.717, 1.165) is 11.3 Å². The second kappa shape index (κ2) is 6.67. The third-order valence-corrected chi connectivity index (χ3v) is 4.17. The van der Waals surface area contributed by atoms with Crippen LogP contribution in [0.5, 0.6) is 0 Å². The van der Waals surface area contributed by atoms with E-state index < -0.39 is 25.1 Å². The second-order valence-electron chi connectivity index (χ2n) is 5.60. The van der Waals surface area contributed by atoms with E-state index in [0.29, 0.717) is 11.4 Å². The number of nitrogens with one attached hydrogen (secondary N) is 3. The third kappa shape index (κ3) is 2.69. The number of nitrogens with two attached hydrogens (primary N) is 1. The molecule has 3 atom stereocenters. The fourth-order valence-electron chi connectivity index (χ4n) is 2.99. The highest BCUT2D eigenvalue weighted by atomic mass is 16.5. The molecule has 10 heteroatoms. The number of aromatic nitrogens is 1. The largest absolute Gasteiger partial charge is 0.506 e. The van der Waals surface area contributed by atoms with Crippen LogP contribution in [0, 0.1) is 0 Å². The summed E-state index contributed by atoms with van der Waals surface area (Å²) in [5, 5.41) is 38.5. The Morgan fingerprint density at radius 3 is 2.88 bits per heavy atom. The van der Waals surface area contributed by atoms with Gasteiger partial charge in [-0.25, -0.2) is 0 Å². The van der Waals surface area contributed by atoms with Crippen molar-refractivity contribution < 1.29 is 20.1 Å². The van der Waals surface area contributed by atoms with Crippen LogP contribution in [0.15, 0.2) is 28.9 Å². The van der Waals surface area contributed by atoms with Crippen molar-refractivity contribution in [1.82, 2.24) is 15.2 Å². The first-order valence-corrected chi connectivity index (χ1v) is 7.75. The Hall–Kier alpha value is -2.69. The van der Waals surface area contributed by atoms with Crippen LogP contribution in [0.2, 0.25) is 0 Å². The molecular weight excluding hydrogens is 328 g/mol. The van der Waals surface area contributed by atoms with Crippen LogP contribution in [0.4, 0.5) is 5.82 Å². The maximum Gasteiger partial charge on any atom is 0.210 e. The van der Waals surface area contributed by atoms with Gasteiger partial charge in [0.05, 0.1) is 12.0 Å². The van der Waals surface area contributed by atoms with Gasteiger partial charge in [0.25, 0.3) is 0 Å². The van der Waals surface area contributed by atoms with Gasteiger partial charge >= 0.3 is 0 Å². The molecule has 0 aromatic carbocycles. The fraction of sp³-hybridized carbons (Fsp3) is 0.400. The predicted octanol–water partition coefficient (Wildman–Crippen LogP) is -0.712. The van der Waals surface area contributed by atoms with Gasteiger partial charge in [-0.15, -0.1) is 0 Å². The normalized spacial score (nSPS) is 25.5. The zero-order valence-corrected chi connectivity index (χ0v) is 13.9. The lowest BCUT2D eigenvalue weighted by atomic mass is 10.1. The number of aliphatic hydroxyl groups excluding tert-OH is 3. The molecule has 0 radical (unpaired) electrons. The predicted molar refractivity (Wildman–Crippen MR) is 92.4 cm³/mol. The molecular formula is C15H22N6O4. The summed E-state index contributed by atoms with van der Waals surface area (Å²) in [6.07, 6.45) is 2.13. The number of anilines is 1. The Morgan fingerprint density at radius 2 is 2.28 bits per heavy atom. The molecule has 0 spiro atoms. The van der Waals surface area contributed by atoms with Gasteiger partial charge in [0, 0.05) is 37.6 Å². The molecule has 10 nitrogen and oxygen atoms in total. The SMILES string of the molecule is CN/C=C(\NC)c1cn(C2OC(CO)=C(O)C2O)c2c1C(N)N=CN2. The maximum atomic E-state index is 10.3. The van der Waals surface area contributed by atoms with E-state index in [1.807, 2.05) is 0 Å². The molecule has 1 aromatic heterocycles. The van der Waals surface area contributed by atoms with Gasteiger partial charge < -0.3 is 41.7 Å². The summed E-state index contributed by atoms with van der Waals surface area (Å²) >= 11 is 0. The summed E-state index contributed by atoms with van der Waals surface area (Å²) in [6.45, 7) is -0.508. The second-order valence-corrected chi connectivity index (χ2v) is 5.60. The minimum Gasteiger partial charge on any atom is -0.506 e. The van der Waals surface area contributed by atoms with Crippen LogP contribution in [-0.2, 0) is 4.74 Å². The molecule has 25 heavy (non-hydrogen) atoms. The first-order valence-electron chi connectivity index (χ1n) is 7.75. The highest BCUT2D eigenvalue weighted by molar-refractivity contribution is 5.83. The van der Waals surface area contributed by atoms with Crippen LogP contribution in [0.25, 0.3) is 5.70 Å². The summed E-state index contributed by atoms with van der Waals surface area (Å²) in [7, 11) is 3.55. The van der Waals surface area contributed by atoms with E-state index in [4.69, 9.17) is 10.5 Å². The molecule has 0 saturated carbocycles. The van der Waals surface area contributed by atoms with Crippen LogP contribution in [0.1, 0.15) is 23.5 Å². The average Bonchev–Trinajstić information content (AvgIpc) is 3.12. The van der Waals surface area contributed by atoms with E-state index in [-0.39, 0.29) is 11.5 Å². The summed E-state index contributed by atoms with van der Waals surface area (Å²) < 4.78 is 7.15. The topological polar surface area (TPSA) is 149 Å². The Morgan fingerprint density at radius 1 is 1.52 bits per heavy atom. The molecule has 3 rings (SSSR count).